The van der Waals surface area contributed by atoms with Crippen molar-refractivity contribution in [3.8, 4) is 11.4 Å². The minimum absolute atomic E-state index is 0.213. The lowest BCUT2D eigenvalue weighted by Crippen LogP contribution is -2.24. The fourth-order valence-electron chi connectivity index (χ4n) is 4.73. The fourth-order valence-corrected chi connectivity index (χ4v) is 4.73. The van der Waals surface area contributed by atoms with Crippen molar-refractivity contribution in [1.29, 1.82) is 0 Å². The number of fused-ring (bicyclic) bond motifs is 5. The van der Waals surface area contributed by atoms with Gasteiger partial charge in [-0.1, -0.05) is 30.3 Å². The highest BCUT2D eigenvalue weighted by molar-refractivity contribution is 5.88. The first-order chi connectivity index (χ1) is 18.5. The third-order valence-electron chi connectivity index (χ3n) is 6.55. The second-order valence-electron chi connectivity index (χ2n) is 9.15. The molecule has 3 aromatic carbocycles. The van der Waals surface area contributed by atoms with E-state index in [1.807, 2.05) is 92.0 Å². The van der Waals surface area contributed by atoms with Crippen molar-refractivity contribution in [1.82, 2.24) is 29.2 Å². The van der Waals surface area contributed by atoms with Crippen LogP contribution in [0.1, 0.15) is 11.1 Å². The number of aryl methyl sites for hydroxylation is 2. The summed E-state index contributed by atoms with van der Waals surface area (Å²) in [6.45, 7) is 5.36. The maximum atomic E-state index is 13.9. The number of aromatic nitrogens is 5. The Morgan fingerprint density at radius 1 is 0.921 bits per heavy atom. The maximum Gasteiger partial charge on any atom is 0.270 e. The van der Waals surface area contributed by atoms with Crippen LogP contribution in [-0.4, -0.2) is 44.1 Å². The van der Waals surface area contributed by atoms with E-state index in [1.54, 1.807) is 10.8 Å². The van der Waals surface area contributed by atoms with Gasteiger partial charge in [-0.05, 0) is 68.4 Å². The standard InChI is InChI=1S/C29H27N7O2/c1-18-7-6-8-19(2)25(18)36-27(37)22-17-31-28(32-20-11-13-21(14-12-20)38-16-15-30-3)34-26(22)35-24-10-5-4-9-23(24)33-29(35)36/h4-14,17,30H,15-16H2,1-3H3,(H,31,32,34). The van der Waals surface area contributed by atoms with E-state index in [-0.39, 0.29) is 5.56 Å². The molecule has 0 radical (unpaired) electrons. The summed E-state index contributed by atoms with van der Waals surface area (Å²) < 4.78 is 9.31. The molecular formula is C29H27N7O2. The molecule has 6 aromatic rings. The van der Waals surface area contributed by atoms with Crippen molar-refractivity contribution in [2.75, 3.05) is 25.5 Å². The lowest BCUT2D eigenvalue weighted by Gasteiger charge is -2.15. The number of ether oxygens (including phenoxy) is 1. The summed E-state index contributed by atoms with van der Waals surface area (Å²) in [5.74, 6) is 1.67. The van der Waals surface area contributed by atoms with Gasteiger partial charge in [0.25, 0.3) is 5.56 Å². The lowest BCUT2D eigenvalue weighted by atomic mass is 10.1. The number of rotatable bonds is 7. The molecule has 0 aliphatic rings. The van der Waals surface area contributed by atoms with Crippen LogP contribution in [0.5, 0.6) is 5.75 Å². The van der Waals surface area contributed by atoms with Gasteiger partial charge in [0.05, 0.1) is 16.7 Å². The quantitative estimate of drug-likeness (QED) is 0.307. The Hall–Kier alpha value is -4.76. The number of hydrogen-bond acceptors (Lipinski definition) is 7. The molecule has 0 saturated heterocycles. The van der Waals surface area contributed by atoms with E-state index in [9.17, 15) is 4.79 Å². The van der Waals surface area contributed by atoms with E-state index in [4.69, 9.17) is 14.7 Å². The molecule has 2 N–H and O–H groups in total. The summed E-state index contributed by atoms with van der Waals surface area (Å²) in [7, 11) is 1.89. The van der Waals surface area contributed by atoms with E-state index in [0.29, 0.717) is 29.4 Å². The first-order valence-corrected chi connectivity index (χ1v) is 12.4. The molecule has 0 bridgehead atoms. The van der Waals surface area contributed by atoms with Crippen molar-refractivity contribution >= 4 is 39.5 Å². The molecule has 0 fully saturated rings. The van der Waals surface area contributed by atoms with Crippen LogP contribution < -0.4 is 20.9 Å². The van der Waals surface area contributed by atoms with Gasteiger partial charge < -0.3 is 15.4 Å². The second kappa shape index (κ2) is 9.60. The molecule has 3 heterocycles. The van der Waals surface area contributed by atoms with Crippen LogP contribution in [-0.2, 0) is 0 Å². The van der Waals surface area contributed by atoms with Crippen molar-refractivity contribution in [3.05, 3.63) is 94.4 Å². The molecule has 0 atom stereocenters. The first-order valence-electron chi connectivity index (χ1n) is 12.4. The zero-order valence-corrected chi connectivity index (χ0v) is 21.4. The molecule has 0 unspecified atom stereocenters. The van der Waals surface area contributed by atoms with Crippen molar-refractivity contribution in [2.24, 2.45) is 0 Å². The predicted molar refractivity (Wildman–Crippen MR) is 150 cm³/mol. The Labute approximate surface area is 218 Å². The van der Waals surface area contributed by atoms with Gasteiger partial charge in [-0.3, -0.25) is 9.20 Å². The first kappa shape index (κ1) is 23.6. The summed E-state index contributed by atoms with van der Waals surface area (Å²) >= 11 is 0. The number of imidazole rings is 1. The number of nitrogens with zero attached hydrogens (tertiary/aromatic N) is 5. The predicted octanol–water partition coefficient (Wildman–Crippen LogP) is 4.54. The van der Waals surface area contributed by atoms with Crippen molar-refractivity contribution < 1.29 is 4.74 Å². The average molecular weight is 506 g/mol. The topological polar surface area (TPSA) is 98.4 Å². The van der Waals surface area contributed by atoms with Gasteiger partial charge in [0, 0.05) is 18.4 Å². The Morgan fingerprint density at radius 3 is 2.45 bits per heavy atom. The van der Waals surface area contributed by atoms with Gasteiger partial charge in [-0.25, -0.2) is 14.5 Å². The van der Waals surface area contributed by atoms with Crippen LogP contribution in [0.4, 0.5) is 11.6 Å². The number of nitrogens with one attached hydrogen (secondary N) is 2. The smallest absolute Gasteiger partial charge is 0.270 e. The Morgan fingerprint density at radius 2 is 1.68 bits per heavy atom. The van der Waals surface area contributed by atoms with Gasteiger partial charge in [0.2, 0.25) is 11.7 Å². The van der Waals surface area contributed by atoms with Crippen LogP contribution >= 0.6 is 0 Å². The summed E-state index contributed by atoms with van der Waals surface area (Å²) in [6.07, 6.45) is 1.58. The molecule has 0 amide bonds. The third-order valence-corrected chi connectivity index (χ3v) is 6.55. The molecule has 9 heteroatoms. The van der Waals surface area contributed by atoms with E-state index in [2.05, 4.69) is 15.6 Å². The van der Waals surface area contributed by atoms with E-state index in [1.165, 1.54) is 0 Å². The van der Waals surface area contributed by atoms with Gasteiger partial charge >= 0.3 is 0 Å². The number of benzene rings is 3. The summed E-state index contributed by atoms with van der Waals surface area (Å²) in [5.41, 5.74) is 5.51. The van der Waals surface area contributed by atoms with Gasteiger partial charge in [0.15, 0.2) is 5.65 Å². The highest BCUT2D eigenvalue weighted by Crippen LogP contribution is 2.26. The Balaban J connectivity index is 1.51. The van der Waals surface area contributed by atoms with Crippen LogP contribution in [0, 0.1) is 13.8 Å². The minimum atomic E-state index is -0.213. The molecule has 190 valence electrons. The zero-order chi connectivity index (χ0) is 26.2. The van der Waals surface area contributed by atoms with E-state index >= 15 is 0 Å². The van der Waals surface area contributed by atoms with Crippen molar-refractivity contribution in [2.45, 2.75) is 13.8 Å². The number of likely N-dealkylation sites (N-methyl/N-ethyl adjacent to an activating group) is 1. The van der Waals surface area contributed by atoms with E-state index < -0.39 is 0 Å². The monoisotopic (exact) mass is 505 g/mol. The molecule has 0 saturated carbocycles. The van der Waals surface area contributed by atoms with Crippen molar-refractivity contribution in [3.63, 3.8) is 0 Å². The van der Waals surface area contributed by atoms with Gasteiger partial charge in [0.1, 0.15) is 17.7 Å². The minimum Gasteiger partial charge on any atom is -0.492 e. The van der Waals surface area contributed by atoms with Crippen LogP contribution in [0.15, 0.2) is 77.7 Å². The van der Waals surface area contributed by atoms with Crippen LogP contribution in [0.2, 0.25) is 0 Å². The lowest BCUT2D eigenvalue weighted by molar-refractivity contribution is 0.318. The SMILES string of the molecule is CNCCOc1ccc(Nc2ncc3c(=O)n(-c4c(C)cccc4C)c4nc5ccccc5n4c3n2)cc1. The number of hydrogen-bond donors (Lipinski definition) is 2. The maximum absolute atomic E-state index is 13.9. The molecule has 0 aliphatic heterocycles. The van der Waals surface area contributed by atoms with Crippen LogP contribution in [0.3, 0.4) is 0 Å². The Kier molecular flexibility index (Phi) is 5.97. The Bertz CT molecular complexity index is 1840. The number of para-hydroxylation sites is 3. The van der Waals surface area contributed by atoms with Gasteiger partial charge in [-0.15, -0.1) is 0 Å². The number of anilines is 2. The summed E-state index contributed by atoms with van der Waals surface area (Å²) in [5, 5.41) is 6.71. The third kappa shape index (κ3) is 4.03. The molecule has 9 nitrogen and oxygen atoms in total. The van der Waals surface area contributed by atoms with E-state index in [0.717, 1.165) is 45.8 Å². The highest BCUT2D eigenvalue weighted by atomic mass is 16.5. The average Bonchev–Trinajstić information content (AvgIpc) is 3.31. The second-order valence-corrected chi connectivity index (χ2v) is 9.15. The molecule has 6 rings (SSSR count). The summed E-state index contributed by atoms with van der Waals surface area (Å²) in [6, 6.07) is 21.4. The highest BCUT2D eigenvalue weighted by Gasteiger charge is 2.20. The molecule has 0 aliphatic carbocycles. The fraction of sp³-hybridized carbons (Fsp3) is 0.172. The molecule has 38 heavy (non-hydrogen) atoms. The zero-order valence-electron chi connectivity index (χ0n) is 21.4. The van der Waals surface area contributed by atoms with Crippen LogP contribution in [0.25, 0.3) is 33.5 Å². The summed E-state index contributed by atoms with van der Waals surface area (Å²) in [4.78, 5) is 28.1. The molecule has 0 spiro atoms. The molecule has 3 aromatic heterocycles. The van der Waals surface area contributed by atoms with Gasteiger partial charge in [-0.2, -0.15) is 4.98 Å². The largest absolute Gasteiger partial charge is 0.492 e. The molecular weight excluding hydrogens is 478 g/mol. The normalized spacial score (nSPS) is 11.4.